The average Bonchev–Trinajstić information content (AvgIpc) is 3.49. The molecule has 0 bridgehead atoms. The lowest BCUT2D eigenvalue weighted by atomic mass is 9.73. The molecule has 0 radical (unpaired) electrons. The Morgan fingerprint density at radius 2 is 0.581 bits per heavy atom. The third-order valence-electron chi connectivity index (χ3n) is 12.5. The second-order valence-corrected chi connectivity index (χ2v) is 18.5. The Hall–Kier alpha value is 0.217. The van der Waals surface area contributed by atoms with Crippen LogP contribution in [0.3, 0.4) is 0 Å². The molecule has 0 aromatic rings. The summed E-state index contributed by atoms with van der Waals surface area (Å²) in [7, 11) is -1.34. The summed E-state index contributed by atoms with van der Waals surface area (Å²) in [5.41, 5.74) is 5.05. The molecule has 4 unspecified atom stereocenters. The summed E-state index contributed by atoms with van der Waals surface area (Å²) < 4.78 is 0. The van der Waals surface area contributed by atoms with Gasteiger partial charge in [-0.2, -0.15) is 0 Å². The molecule has 0 heterocycles. The first kappa shape index (κ1) is 21.7. The van der Waals surface area contributed by atoms with Gasteiger partial charge in [-0.25, -0.2) is 0 Å². The van der Waals surface area contributed by atoms with E-state index in [9.17, 15) is 0 Å². The molecule has 6 saturated carbocycles. The summed E-state index contributed by atoms with van der Waals surface area (Å²) in [4.78, 5) is 0. The quantitative estimate of drug-likeness (QED) is 0.381. The van der Waals surface area contributed by atoms with Gasteiger partial charge < -0.3 is 0 Å². The highest BCUT2D eigenvalue weighted by Crippen LogP contribution is 2.72. The van der Waals surface area contributed by atoms with E-state index in [1.54, 1.807) is 141 Å². The molecule has 0 amide bonds. The molecule has 31 heavy (non-hydrogen) atoms. The van der Waals surface area contributed by atoms with Gasteiger partial charge in [0.15, 0.2) is 0 Å². The van der Waals surface area contributed by atoms with E-state index in [-0.39, 0.29) is 0 Å². The number of hydrogen-bond acceptors (Lipinski definition) is 0. The van der Waals surface area contributed by atoms with E-state index in [0.717, 1.165) is 0 Å². The molecule has 0 aliphatic heterocycles. The van der Waals surface area contributed by atoms with Crippen LogP contribution in [0.15, 0.2) is 0 Å². The average molecular weight is 441 g/mol. The Balaban J connectivity index is 1.47. The lowest BCUT2D eigenvalue weighted by Crippen LogP contribution is -2.56. The van der Waals surface area contributed by atoms with Gasteiger partial charge >= 0.3 is 0 Å². The molecule has 4 atom stereocenters. The molecule has 0 N–H and O–H groups in total. The van der Waals surface area contributed by atoms with Crippen LogP contribution < -0.4 is 0 Å². The first-order valence-electron chi connectivity index (χ1n) is 15.4. The fraction of sp³-hybridized carbons (Fsp3) is 1.00. The highest BCUT2D eigenvalue weighted by atomic mass is 28.3. The van der Waals surface area contributed by atoms with Crippen molar-refractivity contribution in [2.24, 2.45) is 23.7 Å². The van der Waals surface area contributed by atoms with E-state index >= 15 is 0 Å². The number of fused-ring (bicyclic) bond motifs is 3. The number of hydrogen-bond donors (Lipinski definition) is 0. The highest BCUT2D eigenvalue weighted by Gasteiger charge is 2.65. The van der Waals surface area contributed by atoms with Crippen LogP contribution in [0.25, 0.3) is 0 Å². The Kier molecular flexibility index (Phi) is 6.63. The standard InChI is InChI=1S/C30H52Si/c1-3-13-23(14-4-1)31(25-17-7-8-18-25,24-15-5-2-6-16-24)30-28-21-11-9-19-26(28)27-20-10-12-22-29(27)30/h23-30H,1-22H2. The van der Waals surface area contributed by atoms with Gasteiger partial charge in [0.05, 0.1) is 8.07 Å². The van der Waals surface area contributed by atoms with E-state index in [1.165, 1.54) is 45.8 Å². The maximum Gasteiger partial charge on any atom is 0.0665 e. The van der Waals surface area contributed by atoms with E-state index in [4.69, 9.17) is 0 Å². The molecule has 6 fully saturated rings. The van der Waals surface area contributed by atoms with E-state index in [0.29, 0.717) is 0 Å². The Morgan fingerprint density at radius 3 is 0.968 bits per heavy atom. The van der Waals surface area contributed by atoms with Gasteiger partial charge in [-0.1, -0.05) is 128 Å². The normalized spacial score (nSPS) is 41.2. The van der Waals surface area contributed by atoms with E-state index < -0.39 is 8.07 Å². The smallest absolute Gasteiger partial charge is 0.0533 e. The van der Waals surface area contributed by atoms with Crippen molar-refractivity contribution in [3.8, 4) is 0 Å². The van der Waals surface area contributed by atoms with Gasteiger partial charge in [-0.05, 0) is 58.7 Å². The van der Waals surface area contributed by atoms with Crippen LogP contribution in [0.2, 0.25) is 22.2 Å². The van der Waals surface area contributed by atoms with Crippen LogP contribution in [-0.4, -0.2) is 8.07 Å². The van der Waals surface area contributed by atoms with Gasteiger partial charge in [0.2, 0.25) is 0 Å². The lowest BCUT2D eigenvalue weighted by Gasteiger charge is -2.58. The summed E-state index contributed by atoms with van der Waals surface area (Å²) in [6.45, 7) is 0. The first-order chi connectivity index (χ1) is 15.4. The second-order valence-electron chi connectivity index (χ2n) is 13.4. The summed E-state index contributed by atoms with van der Waals surface area (Å²) in [5.74, 6) is 4.78. The zero-order valence-corrected chi connectivity index (χ0v) is 21.7. The van der Waals surface area contributed by atoms with E-state index in [1.807, 2.05) is 0 Å². The van der Waals surface area contributed by atoms with Crippen molar-refractivity contribution in [2.75, 3.05) is 0 Å². The molecular weight excluding hydrogens is 388 g/mol. The van der Waals surface area contributed by atoms with Crippen molar-refractivity contribution < 1.29 is 0 Å². The fourth-order valence-corrected chi connectivity index (χ4v) is 22.0. The molecule has 0 nitrogen and oxygen atoms in total. The molecular formula is C30H52Si. The largest absolute Gasteiger partial charge is 0.0665 e. The van der Waals surface area contributed by atoms with Crippen LogP contribution in [-0.2, 0) is 0 Å². The second kappa shape index (κ2) is 9.46. The lowest BCUT2D eigenvalue weighted by molar-refractivity contribution is 0.184. The monoisotopic (exact) mass is 440 g/mol. The minimum Gasteiger partial charge on any atom is -0.0533 e. The number of rotatable bonds is 4. The fourth-order valence-electron chi connectivity index (χ4n) is 11.8. The van der Waals surface area contributed by atoms with Crippen molar-refractivity contribution in [1.82, 2.24) is 0 Å². The molecule has 0 aromatic carbocycles. The molecule has 0 spiro atoms. The minimum absolute atomic E-state index is 1.18. The predicted molar refractivity (Wildman–Crippen MR) is 136 cm³/mol. The molecule has 176 valence electrons. The summed E-state index contributed by atoms with van der Waals surface area (Å²) in [5, 5.41) is 0. The van der Waals surface area contributed by atoms with Crippen molar-refractivity contribution in [1.29, 1.82) is 0 Å². The maximum atomic E-state index is 1.69. The van der Waals surface area contributed by atoms with Crippen molar-refractivity contribution in [3.05, 3.63) is 0 Å². The third kappa shape index (κ3) is 3.65. The summed E-state index contributed by atoms with van der Waals surface area (Å²) in [6, 6.07) is 0. The minimum atomic E-state index is -1.34. The van der Waals surface area contributed by atoms with Crippen LogP contribution in [0, 0.1) is 23.7 Å². The summed E-state index contributed by atoms with van der Waals surface area (Å²) in [6.07, 6.45) is 35.9. The topological polar surface area (TPSA) is 0 Å². The van der Waals surface area contributed by atoms with Crippen LogP contribution >= 0.6 is 0 Å². The molecule has 6 aliphatic rings. The molecule has 0 saturated heterocycles. The van der Waals surface area contributed by atoms with Gasteiger partial charge in [-0.3, -0.25) is 0 Å². The van der Waals surface area contributed by atoms with Gasteiger partial charge in [0, 0.05) is 0 Å². The molecule has 1 heteroatoms. The molecule has 0 aromatic heterocycles. The van der Waals surface area contributed by atoms with E-state index in [2.05, 4.69) is 0 Å². The van der Waals surface area contributed by atoms with Crippen LogP contribution in [0.4, 0.5) is 0 Å². The highest BCUT2D eigenvalue weighted by molar-refractivity contribution is 6.85. The van der Waals surface area contributed by atoms with Crippen molar-refractivity contribution in [3.63, 3.8) is 0 Å². The Morgan fingerprint density at radius 1 is 0.290 bits per heavy atom. The van der Waals surface area contributed by atoms with Crippen molar-refractivity contribution >= 4 is 8.07 Å². The van der Waals surface area contributed by atoms with Crippen LogP contribution in [0.5, 0.6) is 0 Å². The van der Waals surface area contributed by atoms with Crippen LogP contribution in [0.1, 0.15) is 141 Å². The SMILES string of the molecule is C1CCC([Si](C2CCCCC2)(C2CCCC2)C2C3CCCCC3C3CCCCC32)CC1. The Bertz CT molecular complexity index is 539. The maximum absolute atomic E-state index is 1.69. The zero-order chi connectivity index (χ0) is 20.7. The van der Waals surface area contributed by atoms with Crippen molar-refractivity contribution in [2.45, 2.75) is 163 Å². The summed E-state index contributed by atoms with van der Waals surface area (Å²) >= 11 is 0. The predicted octanol–water partition coefficient (Wildman–Crippen LogP) is 10.0. The zero-order valence-electron chi connectivity index (χ0n) is 20.7. The Labute approximate surface area is 195 Å². The first-order valence-corrected chi connectivity index (χ1v) is 17.7. The molecule has 6 aliphatic carbocycles. The van der Waals surface area contributed by atoms with Gasteiger partial charge in [0.1, 0.15) is 0 Å². The van der Waals surface area contributed by atoms with Gasteiger partial charge in [-0.15, -0.1) is 0 Å². The third-order valence-corrected chi connectivity index (χ3v) is 20.5. The molecule has 6 rings (SSSR count). The van der Waals surface area contributed by atoms with Gasteiger partial charge in [0.25, 0.3) is 0 Å².